The average Bonchev–Trinajstić information content (AvgIpc) is 2.64. The summed E-state index contributed by atoms with van der Waals surface area (Å²) in [7, 11) is -4.00. The fraction of sp³-hybridized carbons (Fsp3) is 0.350. The molecule has 0 heterocycles. The van der Waals surface area contributed by atoms with Gasteiger partial charge in [0.1, 0.15) is 10.7 Å². The topological polar surface area (TPSA) is 66.5 Å². The number of para-hydroxylation sites is 1. The summed E-state index contributed by atoms with van der Waals surface area (Å²) in [6, 6.07) is 9.12. The van der Waals surface area contributed by atoms with Gasteiger partial charge in [0.05, 0.1) is 0 Å². The van der Waals surface area contributed by atoms with Crippen LogP contribution in [-0.2, 0) is 16.4 Å². The Kier molecular flexibility index (Phi) is 6.73. The van der Waals surface area contributed by atoms with E-state index >= 15 is 0 Å². The molecule has 27 heavy (non-hydrogen) atoms. The van der Waals surface area contributed by atoms with Gasteiger partial charge in [-0.3, -0.25) is 4.79 Å². The van der Waals surface area contributed by atoms with E-state index in [2.05, 4.69) is 5.32 Å². The molecule has 2 aromatic rings. The van der Waals surface area contributed by atoms with E-state index in [1.54, 1.807) is 13.8 Å². The summed E-state index contributed by atoms with van der Waals surface area (Å²) in [6.07, 6.45) is 0.738. The van der Waals surface area contributed by atoms with Crippen LogP contribution in [0.15, 0.2) is 41.3 Å². The normalized spacial score (nSPS) is 11.6. The van der Waals surface area contributed by atoms with Gasteiger partial charge in [0.2, 0.25) is 10.0 Å². The summed E-state index contributed by atoms with van der Waals surface area (Å²) < 4.78 is 40.7. The van der Waals surface area contributed by atoms with Crippen molar-refractivity contribution in [1.82, 2.24) is 4.31 Å². The minimum atomic E-state index is -4.00. The lowest BCUT2D eigenvalue weighted by molar-refractivity contribution is 0.102. The third-order valence-electron chi connectivity index (χ3n) is 4.50. The Morgan fingerprint density at radius 2 is 1.78 bits per heavy atom. The zero-order valence-corrected chi connectivity index (χ0v) is 16.9. The van der Waals surface area contributed by atoms with E-state index in [1.807, 2.05) is 32.0 Å². The van der Waals surface area contributed by atoms with E-state index in [0.717, 1.165) is 34.0 Å². The summed E-state index contributed by atoms with van der Waals surface area (Å²) in [5.74, 6) is -1.35. The third-order valence-corrected chi connectivity index (χ3v) is 6.56. The number of rotatable bonds is 7. The Bertz CT molecular complexity index is 938. The van der Waals surface area contributed by atoms with E-state index in [1.165, 1.54) is 6.07 Å². The first-order valence-electron chi connectivity index (χ1n) is 8.95. The summed E-state index contributed by atoms with van der Waals surface area (Å²) in [6.45, 7) is 7.67. The predicted octanol–water partition coefficient (Wildman–Crippen LogP) is 3.98. The first-order chi connectivity index (χ1) is 12.8. The maximum Gasteiger partial charge on any atom is 0.255 e. The van der Waals surface area contributed by atoms with Crippen LogP contribution in [0, 0.1) is 12.7 Å². The summed E-state index contributed by atoms with van der Waals surface area (Å²) >= 11 is 0. The van der Waals surface area contributed by atoms with Crippen molar-refractivity contribution >= 4 is 21.6 Å². The Labute approximate surface area is 160 Å². The number of carbonyl (C=O) groups excluding carboxylic acids is 1. The van der Waals surface area contributed by atoms with Crippen molar-refractivity contribution in [1.29, 1.82) is 0 Å². The molecule has 0 saturated heterocycles. The number of sulfonamides is 1. The van der Waals surface area contributed by atoms with Crippen molar-refractivity contribution in [2.75, 3.05) is 18.4 Å². The Hall–Kier alpha value is -2.25. The van der Waals surface area contributed by atoms with Gasteiger partial charge >= 0.3 is 0 Å². The van der Waals surface area contributed by atoms with E-state index in [4.69, 9.17) is 0 Å². The molecule has 2 rings (SSSR count). The molecule has 5 nitrogen and oxygen atoms in total. The number of carbonyl (C=O) groups is 1. The fourth-order valence-corrected chi connectivity index (χ4v) is 4.48. The van der Waals surface area contributed by atoms with Crippen molar-refractivity contribution in [3.63, 3.8) is 0 Å². The molecule has 0 saturated carbocycles. The third kappa shape index (κ3) is 4.36. The van der Waals surface area contributed by atoms with Gasteiger partial charge in [0.15, 0.2) is 0 Å². The number of hydrogen-bond donors (Lipinski definition) is 1. The molecule has 0 atom stereocenters. The standard InChI is InChI=1S/C20H25FN2O3S/c1-5-15-10-8-9-14(4)19(15)22-20(24)16-11-12-17(21)18(13-16)27(25,26)23(6-2)7-3/h8-13H,5-7H2,1-4H3,(H,22,24). The smallest absolute Gasteiger partial charge is 0.255 e. The highest BCUT2D eigenvalue weighted by atomic mass is 32.2. The number of benzene rings is 2. The fourth-order valence-electron chi connectivity index (χ4n) is 2.93. The molecule has 0 aliphatic carbocycles. The molecule has 1 N–H and O–H groups in total. The van der Waals surface area contributed by atoms with Crippen LogP contribution in [0.3, 0.4) is 0 Å². The number of nitrogens with one attached hydrogen (secondary N) is 1. The molecule has 0 bridgehead atoms. The van der Waals surface area contributed by atoms with Crippen LogP contribution >= 0.6 is 0 Å². The van der Waals surface area contributed by atoms with E-state index < -0.39 is 26.6 Å². The van der Waals surface area contributed by atoms with Crippen LogP contribution < -0.4 is 5.32 Å². The first-order valence-corrected chi connectivity index (χ1v) is 10.4. The largest absolute Gasteiger partial charge is 0.321 e. The lowest BCUT2D eigenvalue weighted by atomic mass is 10.1. The van der Waals surface area contributed by atoms with Gasteiger partial charge in [-0.15, -0.1) is 0 Å². The molecule has 0 aromatic heterocycles. The van der Waals surface area contributed by atoms with Gasteiger partial charge in [0, 0.05) is 24.3 Å². The highest BCUT2D eigenvalue weighted by molar-refractivity contribution is 7.89. The van der Waals surface area contributed by atoms with Crippen LogP contribution in [0.5, 0.6) is 0 Å². The Morgan fingerprint density at radius 1 is 1.11 bits per heavy atom. The van der Waals surface area contributed by atoms with Crippen LogP contribution in [-0.4, -0.2) is 31.7 Å². The molecule has 7 heteroatoms. The van der Waals surface area contributed by atoms with Crippen LogP contribution in [0.4, 0.5) is 10.1 Å². The van der Waals surface area contributed by atoms with E-state index in [9.17, 15) is 17.6 Å². The molecule has 0 fully saturated rings. The zero-order valence-electron chi connectivity index (χ0n) is 16.0. The maximum atomic E-state index is 14.2. The van der Waals surface area contributed by atoms with Gasteiger partial charge in [-0.05, 0) is 42.7 Å². The quantitative estimate of drug-likeness (QED) is 0.775. The van der Waals surface area contributed by atoms with Crippen molar-refractivity contribution in [3.05, 3.63) is 58.9 Å². The SMILES string of the molecule is CCc1cccc(C)c1NC(=O)c1ccc(F)c(S(=O)(=O)N(CC)CC)c1. The van der Waals surface area contributed by atoms with Gasteiger partial charge in [-0.2, -0.15) is 4.31 Å². The van der Waals surface area contributed by atoms with Crippen molar-refractivity contribution in [3.8, 4) is 0 Å². The molecular weight excluding hydrogens is 367 g/mol. The molecule has 0 unspecified atom stereocenters. The van der Waals surface area contributed by atoms with Gasteiger partial charge in [-0.25, -0.2) is 12.8 Å². The summed E-state index contributed by atoms with van der Waals surface area (Å²) in [5, 5.41) is 2.83. The van der Waals surface area contributed by atoms with E-state index in [-0.39, 0.29) is 18.7 Å². The molecule has 0 radical (unpaired) electrons. The van der Waals surface area contributed by atoms with Gasteiger partial charge in [-0.1, -0.05) is 39.0 Å². The lowest BCUT2D eigenvalue weighted by Crippen LogP contribution is -2.31. The Morgan fingerprint density at radius 3 is 2.37 bits per heavy atom. The minimum absolute atomic E-state index is 0.0902. The number of hydrogen-bond acceptors (Lipinski definition) is 3. The van der Waals surface area contributed by atoms with Gasteiger partial charge in [0.25, 0.3) is 5.91 Å². The number of halogens is 1. The van der Waals surface area contributed by atoms with Crippen LogP contribution in [0.1, 0.15) is 42.3 Å². The number of amides is 1. The lowest BCUT2D eigenvalue weighted by Gasteiger charge is -2.19. The second-order valence-corrected chi connectivity index (χ2v) is 8.06. The number of aryl methyl sites for hydroxylation is 2. The number of anilines is 1. The van der Waals surface area contributed by atoms with Crippen LogP contribution in [0.2, 0.25) is 0 Å². The molecule has 2 aromatic carbocycles. The van der Waals surface area contributed by atoms with Gasteiger partial charge < -0.3 is 5.32 Å². The second kappa shape index (κ2) is 8.63. The molecule has 146 valence electrons. The summed E-state index contributed by atoms with van der Waals surface area (Å²) in [5.41, 5.74) is 2.66. The van der Waals surface area contributed by atoms with Crippen molar-refractivity contribution < 1.29 is 17.6 Å². The highest BCUT2D eigenvalue weighted by Crippen LogP contribution is 2.24. The molecule has 0 aliphatic rings. The monoisotopic (exact) mass is 392 g/mol. The van der Waals surface area contributed by atoms with Crippen molar-refractivity contribution in [2.24, 2.45) is 0 Å². The zero-order chi connectivity index (χ0) is 20.2. The molecule has 0 aliphatic heterocycles. The maximum absolute atomic E-state index is 14.2. The minimum Gasteiger partial charge on any atom is -0.321 e. The van der Waals surface area contributed by atoms with Crippen LogP contribution in [0.25, 0.3) is 0 Å². The van der Waals surface area contributed by atoms with E-state index in [0.29, 0.717) is 5.69 Å². The molecule has 0 spiro atoms. The summed E-state index contributed by atoms with van der Waals surface area (Å²) in [4.78, 5) is 12.2. The first kappa shape index (κ1) is 21.1. The Balaban J connectivity index is 2.43. The average molecular weight is 392 g/mol. The molecular formula is C20H25FN2O3S. The number of nitrogens with zero attached hydrogens (tertiary/aromatic N) is 1. The predicted molar refractivity (Wildman–Crippen MR) is 105 cm³/mol. The van der Waals surface area contributed by atoms with Crippen molar-refractivity contribution in [2.45, 2.75) is 39.0 Å². The molecule has 1 amide bonds. The second-order valence-electron chi connectivity index (χ2n) is 6.15. The highest BCUT2D eigenvalue weighted by Gasteiger charge is 2.26.